The number of hydrogen-bond donors (Lipinski definition) is 2. The van der Waals surface area contributed by atoms with Gasteiger partial charge in [-0.1, -0.05) is 13.0 Å². The number of pyridine rings is 1. The Morgan fingerprint density at radius 3 is 2.40 bits per heavy atom. The van der Waals surface area contributed by atoms with Crippen LogP contribution in [0.15, 0.2) is 24.4 Å². The Morgan fingerprint density at radius 2 is 1.80 bits per heavy atom. The van der Waals surface area contributed by atoms with Crippen LogP contribution in [0.3, 0.4) is 0 Å². The van der Waals surface area contributed by atoms with Crippen LogP contribution in [0.25, 0.3) is 0 Å². The van der Waals surface area contributed by atoms with Crippen LogP contribution in [0.1, 0.15) is 30.9 Å². The number of aromatic nitrogens is 3. The summed E-state index contributed by atoms with van der Waals surface area (Å²) in [7, 11) is 0. The van der Waals surface area contributed by atoms with Crippen LogP contribution in [-0.2, 0) is 13.0 Å². The molecular weight excluding hydrogens is 250 g/mol. The summed E-state index contributed by atoms with van der Waals surface area (Å²) in [6.07, 6.45) is 2.70. The topological polar surface area (TPSA) is 62.7 Å². The molecule has 5 heteroatoms. The third-order valence-corrected chi connectivity index (χ3v) is 2.89. The van der Waals surface area contributed by atoms with Crippen LogP contribution in [-0.4, -0.2) is 21.5 Å². The molecule has 0 unspecified atom stereocenters. The molecule has 0 radical (unpaired) electrons. The second-order valence-corrected chi connectivity index (χ2v) is 4.60. The average Bonchev–Trinajstić information content (AvgIpc) is 2.47. The van der Waals surface area contributed by atoms with Gasteiger partial charge in [0.2, 0.25) is 0 Å². The van der Waals surface area contributed by atoms with Gasteiger partial charge in [0, 0.05) is 37.5 Å². The minimum absolute atomic E-state index is 0.707. The van der Waals surface area contributed by atoms with Crippen molar-refractivity contribution in [3.63, 3.8) is 0 Å². The Kier molecular flexibility index (Phi) is 4.87. The molecule has 0 aromatic carbocycles. The summed E-state index contributed by atoms with van der Waals surface area (Å²) >= 11 is 0. The summed E-state index contributed by atoms with van der Waals surface area (Å²) in [4.78, 5) is 13.2. The molecule has 0 spiro atoms. The molecule has 2 rings (SSSR count). The maximum absolute atomic E-state index is 4.48. The molecule has 0 atom stereocenters. The third-order valence-electron chi connectivity index (χ3n) is 2.89. The van der Waals surface area contributed by atoms with E-state index >= 15 is 0 Å². The Hall–Kier alpha value is -2.17. The summed E-state index contributed by atoms with van der Waals surface area (Å²) < 4.78 is 0. The summed E-state index contributed by atoms with van der Waals surface area (Å²) in [5, 5.41) is 6.55. The highest BCUT2D eigenvalue weighted by Gasteiger charge is 2.03. The Labute approximate surface area is 119 Å². The lowest BCUT2D eigenvalue weighted by atomic mass is 10.2. The molecule has 2 aromatic rings. The molecule has 0 aliphatic heterocycles. The Bertz CT molecular complexity index is 551. The first-order valence-corrected chi connectivity index (χ1v) is 6.98. The van der Waals surface area contributed by atoms with E-state index in [0.717, 1.165) is 41.7 Å². The highest BCUT2D eigenvalue weighted by molar-refractivity contribution is 5.47. The van der Waals surface area contributed by atoms with Crippen molar-refractivity contribution in [1.29, 1.82) is 0 Å². The second kappa shape index (κ2) is 6.84. The van der Waals surface area contributed by atoms with Gasteiger partial charge in [-0.3, -0.25) is 4.98 Å². The van der Waals surface area contributed by atoms with E-state index in [1.54, 1.807) is 0 Å². The lowest BCUT2D eigenvalue weighted by Gasteiger charge is -2.10. The van der Waals surface area contributed by atoms with Gasteiger partial charge in [-0.2, -0.15) is 0 Å². The van der Waals surface area contributed by atoms with E-state index in [0.29, 0.717) is 6.54 Å². The summed E-state index contributed by atoms with van der Waals surface area (Å²) in [5.41, 5.74) is 2.16. The zero-order valence-corrected chi connectivity index (χ0v) is 12.3. The van der Waals surface area contributed by atoms with Gasteiger partial charge in [-0.05, 0) is 25.5 Å². The standard InChI is InChI=1S/C15H21N5/c1-4-13-19-14(16-5-2)8-15(20-13)18-10-12-7-6-11(3)17-9-12/h6-9H,4-5,10H2,1-3H3,(H2,16,18,19,20). The van der Waals surface area contributed by atoms with Gasteiger partial charge >= 0.3 is 0 Å². The third kappa shape index (κ3) is 3.91. The predicted molar refractivity (Wildman–Crippen MR) is 81.9 cm³/mol. The van der Waals surface area contributed by atoms with E-state index in [1.807, 2.05) is 25.3 Å². The SMILES string of the molecule is CCNc1cc(NCc2ccc(C)nc2)nc(CC)n1. The first-order valence-electron chi connectivity index (χ1n) is 6.98. The smallest absolute Gasteiger partial charge is 0.132 e. The van der Waals surface area contributed by atoms with E-state index < -0.39 is 0 Å². The van der Waals surface area contributed by atoms with E-state index in [-0.39, 0.29) is 0 Å². The number of rotatable bonds is 6. The Morgan fingerprint density at radius 1 is 1.05 bits per heavy atom. The zero-order valence-electron chi connectivity index (χ0n) is 12.3. The summed E-state index contributed by atoms with van der Waals surface area (Å²) in [6.45, 7) is 7.65. The van der Waals surface area contributed by atoms with Gasteiger partial charge in [0.25, 0.3) is 0 Å². The number of aryl methyl sites for hydroxylation is 2. The summed E-state index contributed by atoms with van der Waals surface area (Å²) in [6, 6.07) is 6.02. The lowest BCUT2D eigenvalue weighted by Crippen LogP contribution is -2.08. The molecule has 0 amide bonds. The normalized spacial score (nSPS) is 10.3. The molecular formula is C15H21N5. The van der Waals surface area contributed by atoms with Crippen LogP contribution in [0.4, 0.5) is 11.6 Å². The summed E-state index contributed by atoms with van der Waals surface area (Å²) in [5.74, 6) is 2.55. The molecule has 0 aliphatic carbocycles. The molecule has 20 heavy (non-hydrogen) atoms. The highest BCUT2D eigenvalue weighted by Crippen LogP contribution is 2.13. The van der Waals surface area contributed by atoms with Crippen LogP contribution >= 0.6 is 0 Å². The van der Waals surface area contributed by atoms with E-state index in [4.69, 9.17) is 0 Å². The van der Waals surface area contributed by atoms with Gasteiger partial charge in [-0.25, -0.2) is 9.97 Å². The van der Waals surface area contributed by atoms with Crippen LogP contribution in [0.2, 0.25) is 0 Å². The molecule has 0 saturated heterocycles. The fourth-order valence-corrected chi connectivity index (χ4v) is 1.81. The van der Waals surface area contributed by atoms with Gasteiger partial charge < -0.3 is 10.6 Å². The van der Waals surface area contributed by atoms with Gasteiger partial charge in [0.05, 0.1) is 0 Å². The quantitative estimate of drug-likeness (QED) is 0.846. The molecule has 2 N–H and O–H groups in total. The fourth-order valence-electron chi connectivity index (χ4n) is 1.81. The Balaban J connectivity index is 2.07. The number of nitrogens with zero attached hydrogens (tertiary/aromatic N) is 3. The first kappa shape index (κ1) is 14.2. The number of hydrogen-bond acceptors (Lipinski definition) is 5. The van der Waals surface area contributed by atoms with E-state index in [1.165, 1.54) is 0 Å². The maximum Gasteiger partial charge on any atom is 0.132 e. The average molecular weight is 271 g/mol. The van der Waals surface area contributed by atoms with Crippen molar-refractivity contribution in [3.8, 4) is 0 Å². The molecule has 0 fully saturated rings. The molecule has 0 bridgehead atoms. The second-order valence-electron chi connectivity index (χ2n) is 4.60. The van der Waals surface area contributed by atoms with Crippen molar-refractivity contribution in [2.45, 2.75) is 33.7 Å². The van der Waals surface area contributed by atoms with Crippen molar-refractivity contribution >= 4 is 11.6 Å². The van der Waals surface area contributed by atoms with Gasteiger partial charge in [0.15, 0.2) is 0 Å². The molecule has 0 saturated carbocycles. The number of nitrogens with one attached hydrogen (secondary N) is 2. The van der Waals surface area contributed by atoms with Crippen molar-refractivity contribution < 1.29 is 0 Å². The van der Waals surface area contributed by atoms with Crippen LogP contribution in [0, 0.1) is 6.92 Å². The highest BCUT2D eigenvalue weighted by atomic mass is 15.1. The van der Waals surface area contributed by atoms with E-state index in [9.17, 15) is 0 Å². The minimum atomic E-state index is 0.707. The first-order chi connectivity index (χ1) is 9.71. The molecule has 2 heterocycles. The maximum atomic E-state index is 4.48. The molecule has 106 valence electrons. The molecule has 5 nitrogen and oxygen atoms in total. The van der Waals surface area contributed by atoms with E-state index in [2.05, 4.69) is 45.5 Å². The number of anilines is 2. The van der Waals surface area contributed by atoms with Crippen molar-refractivity contribution in [1.82, 2.24) is 15.0 Å². The van der Waals surface area contributed by atoms with Crippen molar-refractivity contribution in [2.24, 2.45) is 0 Å². The van der Waals surface area contributed by atoms with Crippen LogP contribution in [0.5, 0.6) is 0 Å². The largest absolute Gasteiger partial charge is 0.370 e. The van der Waals surface area contributed by atoms with Gasteiger partial charge in [-0.15, -0.1) is 0 Å². The predicted octanol–water partition coefficient (Wildman–Crippen LogP) is 2.79. The van der Waals surface area contributed by atoms with Gasteiger partial charge in [0.1, 0.15) is 17.5 Å². The van der Waals surface area contributed by atoms with Crippen molar-refractivity contribution in [3.05, 3.63) is 41.5 Å². The minimum Gasteiger partial charge on any atom is -0.370 e. The van der Waals surface area contributed by atoms with Crippen LogP contribution < -0.4 is 10.6 Å². The molecule has 0 aliphatic rings. The zero-order chi connectivity index (χ0) is 14.4. The lowest BCUT2D eigenvalue weighted by molar-refractivity contribution is 0.928. The fraction of sp³-hybridized carbons (Fsp3) is 0.400. The van der Waals surface area contributed by atoms with Crippen molar-refractivity contribution in [2.75, 3.05) is 17.2 Å². The monoisotopic (exact) mass is 271 g/mol. The molecule has 2 aromatic heterocycles.